The summed E-state index contributed by atoms with van der Waals surface area (Å²) in [6, 6.07) is -3.36. The zero-order valence-corrected chi connectivity index (χ0v) is 22.7. The van der Waals surface area contributed by atoms with Crippen LogP contribution in [0.1, 0.15) is 124 Å². The third-order valence-electron chi connectivity index (χ3n) is 7.55. The highest BCUT2D eigenvalue weighted by Crippen LogP contribution is 2.27. The molecule has 0 fully saturated rings. The smallest absolute Gasteiger partial charge is 0.362 e. The number of nitrogens with zero attached hydrogens (tertiary/aromatic N) is 1. The molecule has 3 atom stereocenters. The molecule has 7 nitrogen and oxygen atoms in total. The lowest BCUT2D eigenvalue weighted by Gasteiger charge is -2.47. The molecule has 0 bridgehead atoms. The van der Waals surface area contributed by atoms with Crippen molar-refractivity contribution in [2.45, 2.75) is 142 Å². The molecule has 7 heteroatoms. The Morgan fingerprint density at radius 3 is 1.20 bits per heavy atom. The maximum Gasteiger partial charge on any atom is 0.362 e. The Hall–Kier alpha value is -1.89. The van der Waals surface area contributed by atoms with Crippen LogP contribution >= 0.6 is 0 Å². The van der Waals surface area contributed by atoms with Crippen LogP contribution in [0.15, 0.2) is 12.2 Å². The van der Waals surface area contributed by atoms with Gasteiger partial charge in [0.05, 0.1) is 6.54 Å². The Balaban J connectivity index is 4.24. The van der Waals surface area contributed by atoms with Crippen molar-refractivity contribution in [3.05, 3.63) is 12.2 Å². The second kappa shape index (κ2) is 19.3. The molecule has 0 rings (SSSR count). The van der Waals surface area contributed by atoms with Crippen molar-refractivity contribution in [3.8, 4) is 0 Å². The number of hydrogen-bond acceptors (Lipinski definition) is 3. The fourth-order valence-corrected chi connectivity index (χ4v) is 5.08. The van der Waals surface area contributed by atoms with E-state index in [0.717, 1.165) is 25.7 Å². The van der Waals surface area contributed by atoms with E-state index in [4.69, 9.17) is 0 Å². The molecule has 35 heavy (non-hydrogen) atoms. The highest BCUT2D eigenvalue weighted by Gasteiger charge is 2.52. The number of unbranched alkanes of at least 4 members (excludes halogenated alkanes) is 13. The standard InChI is InChI=1S/C28H51NO6/c1-5-6-7-8-9-10-11-12-13-14-15-16-17-18-19-20-21-22-29(23(2)26(30)31,24(3)27(32)33)25(4)28(34)35/h6-7,23-25H,5,8-22H2,1-4H3,(H2-,30,31,32,33,34,35)/p+1/b7-6+. The first-order valence-corrected chi connectivity index (χ1v) is 13.8. The van der Waals surface area contributed by atoms with Gasteiger partial charge in [-0.15, -0.1) is 0 Å². The first-order valence-electron chi connectivity index (χ1n) is 13.8. The van der Waals surface area contributed by atoms with Crippen LogP contribution in [-0.4, -0.2) is 62.4 Å². The highest BCUT2D eigenvalue weighted by atomic mass is 16.4. The number of carboxylic acids is 3. The van der Waals surface area contributed by atoms with Gasteiger partial charge in [0.25, 0.3) is 0 Å². The molecule has 0 aliphatic rings. The minimum absolute atomic E-state index is 0.225. The van der Waals surface area contributed by atoms with Gasteiger partial charge in [-0.25, -0.2) is 14.4 Å². The van der Waals surface area contributed by atoms with Crippen molar-refractivity contribution in [2.24, 2.45) is 0 Å². The maximum absolute atomic E-state index is 11.8. The van der Waals surface area contributed by atoms with Gasteiger partial charge in [-0.3, -0.25) is 4.48 Å². The summed E-state index contributed by atoms with van der Waals surface area (Å²) >= 11 is 0. The molecule has 3 N–H and O–H groups in total. The van der Waals surface area contributed by atoms with Crippen LogP contribution in [-0.2, 0) is 14.4 Å². The lowest BCUT2D eigenvalue weighted by Crippen LogP contribution is -2.70. The minimum atomic E-state index is -1.17. The molecule has 0 aromatic carbocycles. The van der Waals surface area contributed by atoms with E-state index in [1.54, 1.807) is 0 Å². The molecular weight excluding hydrogens is 446 g/mol. The number of rotatable bonds is 23. The third kappa shape index (κ3) is 12.6. The van der Waals surface area contributed by atoms with Crippen LogP contribution in [0.4, 0.5) is 0 Å². The first-order chi connectivity index (χ1) is 16.6. The Kier molecular flexibility index (Phi) is 18.3. The average Bonchev–Trinajstić information content (AvgIpc) is 2.82. The normalized spacial score (nSPS) is 16.0. The van der Waals surface area contributed by atoms with E-state index in [0.29, 0.717) is 6.42 Å². The van der Waals surface area contributed by atoms with Gasteiger partial charge in [0.15, 0.2) is 18.1 Å². The van der Waals surface area contributed by atoms with Gasteiger partial charge >= 0.3 is 17.9 Å². The fourth-order valence-electron chi connectivity index (χ4n) is 5.08. The molecule has 0 spiro atoms. The Morgan fingerprint density at radius 2 is 0.886 bits per heavy atom. The van der Waals surface area contributed by atoms with E-state index in [1.807, 2.05) is 0 Å². The number of aliphatic carboxylic acids is 3. The Bertz CT molecular complexity index is 583. The van der Waals surface area contributed by atoms with E-state index in [2.05, 4.69) is 19.1 Å². The van der Waals surface area contributed by atoms with E-state index in [1.165, 1.54) is 85.0 Å². The maximum atomic E-state index is 11.8. The van der Waals surface area contributed by atoms with Gasteiger partial charge in [0, 0.05) is 0 Å². The van der Waals surface area contributed by atoms with Crippen molar-refractivity contribution in [2.75, 3.05) is 6.54 Å². The summed E-state index contributed by atoms with van der Waals surface area (Å²) in [4.78, 5) is 35.3. The summed E-state index contributed by atoms with van der Waals surface area (Å²) in [7, 11) is 0. The zero-order valence-electron chi connectivity index (χ0n) is 22.7. The van der Waals surface area contributed by atoms with Crippen LogP contribution in [0, 0.1) is 0 Å². The molecule has 0 aromatic rings. The Morgan fingerprint density at radius 1 is 0.571 bits per heavy atom. The van der Waals surface area contributed by atoms with Crippen molar-refractivity contribution in [1.82, 2.24) is 0 Å². The topological polar surface area (TPSA) is 112 Å². The summed E-state index contributed by atoms with van der Waals surface area (Å²) in [6.07, 6.45) is 22.0. The van der Waals surface area contributed by atoms with Gasteiger partial charge in [-0.1, -0.05) is 83.3 Å². The second-order valence-corrected chi connectivity index (χ2v) is 10.0. The van der Waals surface area contributed by atoms with Crippen molar-refractivity contribution in [3.63, 3.8) is 0 Å². The molecule has 0 aliphatic heterocycles. The minimum Gasteiger partial charge on any atom is -0.477 e. The highest BCUT2D eigenvalue weighted by molar-refractivity contribution is 5.77. The van der Waals surface area contributed by atoms with E-state index in [9.17, 15) is 29.7 Å². The van der Waals surface area contributed by atoms with Gasteiger partial charge in [0.1, 0.15) is 0 Å². The summed E-state index contributed by atoms with van der Waals surface area (Å²) in [5.41, 5.74) is 0. The number of allylic oxidation sites excluding steroid dienone is 2. The van der Waals surface area contributed by atoms with Gasteiger partial charge in [0.2, 0.25) is 0 Å². The van der Waals surface area contributed by atoms with Crippen LogP contribution in [0.3, 0.4) is 0 Å². The second-order valence-electron chi connectivity index (χ2n) is 10.0. The summed E-state index contributed by atoms with van der Waals surface area (Å²) < 4.78 is -0.477. The molecule has 0 radical (unpaired) electrons. The van der Waals surface area contributed by atoms with Gasteiger partial charge < -0.3 is 15.3 Å². The zero-order chi connectivity index (χ0) is 26.7. The van der Waals surface area contributed by atoms with Crippen molar-refractivity contribution >= 4 is 17.9 Å². The van der Waals surface area contributed by atoms with Crippen LogP contribution < -0.4 is 0 Å². The molecule has 0 aliphatic carbocycles. The molecule has 204 valence electrons. The monoisotopic (exact) mass is 498 g/mol. The summed E-state index contributed by atoms with van der Waals surface area (Å²) in [5, 5.41) is 28.9. The Labute approximate surface area is 213 Å². The third-order valence-corrected chi connectivity index (χ3v) is 7.55. The van der Waals surface area contributed by atoms with Gasteiger partial charge in [-0.2, -0.15) is 0 Å². The largest absolute Gasteiger partial charge is 0.477 e. The van der Waals surface area contributed by atoms with Crippen LogP contribution in [0.2, 0.25) is 0 Å². The molecular formula is C28H52NO6+. The number of hydrogen-bond donors (Lipinski definition) is 3. The summed E-state index contributed by atoms with van der Waals surface area (Å²) in [5.74, 6) is -3.51. The molecule has 0 amide bonds. The summed E-state index contributed by atoms with van der Waals surface area (Å²) in [6.45, 7) is 6.66. The van der Waals surface area contributed by atoms with Gasteiger partial charge in [-0.05, 0) is 52.9 Å². The van der Waals surface area contributed by atoms with E-state index >= 15 is 0 Å². The number of carbonyl (C=O) groups is 3. The van der Waals surface area contributed by atoms with Crippen LogP contribution in [0.25, 0.3) is 0 Å². The fraction of sp³-hybridized carbons (Fsp3) is 0.821. The first kappa shape index (κ1) is 33.1. The quantitative estimate of drug-likeness (QED) is 0.0826. The lowest BCUT2D eigenvalue weighted by atomic mass is 10.00. The molecule has 0 heterocycles. The molecule has 3 unspecified atom stereocenters. The van der Waals surface area contributed by atoms with Crippen molar-refractivity contribution in [1.29, 1.82) is 0 Å². The number of quaternary nitrogens is 1. The predicted molar refractivity (Wildman–Crippen MR) is 140 cm³/mol. The van der Waals surface area contributed by atoms with Crippen LogP contribution in [0.5, 0.6) is 0 Å². The molecule has 0 aromatic heterocycles. The SMILES string of the molecule is CC/C=C/CCCCCCCCCCCCCCC[N+](C(C)C(=O)O)(C(C)C(=O)O)C(C)C(=O)O. The van der Waals surface area contributed by atoms with E-state index < -0.39 is 40.5 Å². The molecule has 0 saturated heterocycles. The molecule has 0 saturated carbocycles. The van der Waals surface area contributed by atoms with E-state index in [-0.39, 0.29) is 6.54 Å². The average molecular weight is 499 g/mol. The lowest BCUT2D eigenvalue weighted by molar-refractivity contribution is -0.968. The number of carboxylic acid groups (broad SMARTS) is 3. The predicted octanol–water partition coefficient (Wildman–Crippen LogP) is 6.65. The van der Waals surface area contributed by atoms with Crippen molar-refractivity contribution < 1.29 is 34.2 Å².